The summed E-state index contributed by atoms with van der Waals surface area (Å²) in [5.41, 5.74) is 2.99. The quantitative estimate of drug-likeness (QED) is 0.137. The Labute approximate surface area is 1130 Å². The molecule has 1 aliphatic heterocycles. The van der Waals surface area contributed by atoms with Crippen molar-refractivity contribution < 1.29 is 9.31 Å². The second-order valence-electron chi connectivity index (χ2n) is 18.4. The molecule has 0 amide bonds. The molecular formula is C35H30BN3O2S103. The first-order valence-electron chi connectivity index (χ1n) is 31.0. The van der Waals surface area contributed by atoms with E-state index in [0.717, 1.165) is 32.9 Å². The van der Waals surface area contributed by atoms with Gasteiger partial charge in [-0.1, -0.05) is 103 Å². The van der Waals surface area contributed by atoms with Gasteiger partial charge in [0.1, 0.15) is 0 Å². The summed E-state index contributed by atoms with van der Waals surface area (Å²) in [6, 6.07) is 37.3. The Morgan fingerprint density at radius 2 is 0.347 bits per heavy atom. The molecule has 1 saturated heterocycles. The average molecular weight is 3840 g/mol. The monoisotopic (exact) mass is 3830 g/mol. The topological polar surface area (TPSA) is 57.1 Å². The smallest absolute Gasteiger partial charge is 0.399 e. The Bertz CT molecular complexity index is 10800. The summed E-state index contributed by atoms with van der Waals surface area (Å²) in [5, 5.41) is 4.65. The number of nitrogens with zero attached hydrogens (tertiary/aromatic N) is 3. The van der Waals surface area contributed by atoms with Gasteiger partial charge in [0.2, 0.25) is 0 Å². The van der Waals surface area contributed by atoms with Crippen molar-refractivity contribution in [1.82, 2.24) is 15.0 Å². The molecule has 0 spiro atoms. The zero-order chi connectivity index (χ0) is 102. The molecule has 7 rings (SSSR count). The lowest BCUT2D eigenvalue weighted by Crippen LogP contribution is -2.41. The molecular weight excluding hydrogens is 3810 g/mol. The van der Waals surface area contributed by atoms with E-state index in [2.05, 4.69) is 82.3 Å². The highest BCUT2D eigenvalue weighted by molar-refractivity contribution is 8.88. The molecule has 0 N–H and O–H groups in total. The maximum Gasteiger partial charge on any atom is 0.494 e. The maximum atomic E-state index is 6.26. The Kier molecular flexibility index (Phi) is 120. The molecule has 6 aromatic rings. The van der Waals surface area contributed by atoms with Crippen LogP contribution >= 0.6 is 0 Å². The minimum absolute atomic E-state index is 0.396. The highest BCUT2D eigenvalue weighted by Gasteiger charge is 2.51. The molecule has 0 bridgehead atoms. The predicted molar refractivity (Wildman–Crippen MR) is 925 cm³/mol. The summed E-state index contributed by atoms with van der Waals surface area (Å²) >= 11 is 9.66. The van der Waals surface area contributed by atoms with Crippen LogP contribution in [-0.4, -0.2) is 33.3 Å². The molecule has 0 saturated carbocycles. The largest absolute Gasteiger partial charge is 0.494 e. The lowest BCUT2D eigenvalue weighted by atomic mass is 9.79. The Morgan fingerprint density at radius 3 is 0.556 bits per heavy atom. The standard InChI is InChI=1S/C35H30BN3O2.S103/c1-34(2)35(3,4)41-36(40-34)26-20-18-24(19-21-26)32-37-31(23-12-6-5-7-13-23)38-33(39-32)30-22-25-14-8-9-15-27(25)28-16-10-11-17-29(28)30;1-3-5-7-9-11-13-15-17-19-21-23-25-27-29-31-33-35-37-39-41-43-45-47-49-51-53-55-57-59-61-63-65-67-69-71-73-75-77-79-81-83-85-87-89-91-93-95-97-99-101-103-102-100-98-96-94-92-90-88-86-84-82-80-78-76-74-72-70-68-66-64-62-60-58-56-54-52-50-48-46-44-42-40-38-36-34-32-30-28-26-24-22-20-18-16-14-12-10-8-6-4-2/h5-22H,1-4H3;. The molecule has 0 atom stereocenters. The van der Waals surface area contributed by atoms with Crippen molar-refractivity contribution in [1.29, 1.82) is 0 Å². The van der Waals surface area contributed by atoms with E-state index in [1.165, 1.54) is 28.5 Å². The molecule has 818 valence electrons. The fourth-order valence-corrected chi connectivity index (χ4v) is 278. The number of aromatic nitrogens is 3. The summed E-state index contributed by atoms with van der Waals surface area (Å²) in [5.74, 6) is 1.90. The highest BCUT2D eigenvalue weighted by Crippen LogP contribution is 2.37. The van der Waals surface area contributed by atoms with Crippen molar-refractivity contribution in [3.63, 3.8) is 0 Å². The minimum Gasteiger partial charge on any atom is -0.399 e. The first kappa shape index (κ1) is 151. The number of benzene rings is 5. The summed E-state index contributed by atoms with van der Waals surface area (Å²) in [6.45, 7) is 8.26. The summed E-state index contributed by atoms with van der Waals surface area (Å²) in [6.07, 6.45) is 0. The summed E-state index contributed by atoms with van der Waals surface area (Å²) in [4.78, 5) is 15.0. The molecule has 1 aromatic heterocycles. The van der Waals surface area contributed by atoms with Crippen LogP contribution in [0.5, 0.6) is 0 Å². The van der Waals surface area contributed by atoms with Crippen LogP contribution in [0.2, 0.25) is 0 Å². The van der Waals surface area contributed by atoms with Gasteiger partial charge in [0.25, 0.3) is 0 Å². The van der Waals surface area contributed by atoms with Gasteiger partial charge in [-0.2, -0.15) is 0 Å². The van der Waals surface area contributed by atoms with Crippen LogP contribution in [0.25, 0.3) is 55.7 Å². The summed E-state index contributed by atoms with van der Waals surface area (Å²) in [7, 11) is 182. The molecule has 0 unspecified atom stereocenters. The van der Waals surface area contributed by atoms with Crippen molar-refractivity contribution >= 4 is 953 Å². The van der Waals surface area contributed by atoms with E-state index in [9.17, 15) is 0 Å². The molecule has 109 heteroatoms. The molecule has 1 fully saturated rings. The Morgan fingerprint density at radius 1 is 0.181 bits per heavy atom. The molecule has 1 aliphatic rings. The SMILES string of the molecule is CC1(C)OB(c2ccc(-c3nc(-c4ccccc4)nc(-c4cc5ccccc5c5ccccc45)n3)cc2)OC1(C)C.S=S=S=S=S=S=S=S=S=S=S=S=S=S=S=S=S=S=S=S=S=S=S=S=S=S=S=S=S=S=S=S=S=S=S=S=S=S=S=S=S=S=S=S=S=S=S=S=S=S=S=S=S=S=S=S=S=S=S=S=S=S=S=S=S=S=S=S=S=S=S=S=S=S=S=S=S=S=S=S=S=S=S=S=S=S=S=S=S=S=S=S=S=S=S=S=S=S=S=S=S=S=S. The van der Waals surface area contributed by atoms with Crippen LogP contribution in [0.3, 0.4) is 0 Å². The van der Waals surface area contributed by atoms with E-state index in [1.54, 1.807) is 107 Å². The Balaban J connectivity index is 0.000000627. The second kappa shape index (κ2) is 114. The lowest BCUT2D eigenvalue weighted by molar-refractivity contribution is 0.00578. The molecule has 0 radical (unpaired) electrons. The lowest BCUT2D eigenvalue weighted by Gasteiger charge is -2.32. The van der Waals surface area contributed by atoms with Gasteiger partial charge < -0.3 is 9.31 Å². The van der Waals surface area contributed by atoms with Gasteiger partial charge in [0.05, 0.1) is 11.2 Å². The van der Waals surface area contributed by atoms with Crippen molar-refractivity contribution in [2.24, 2.45) is 0 Å². The third-order valence-electron chi connectivity index (χ3n) is 11.1. The van der Waals surface area contributed by atoms with Crippen LogP contribution in [-0.2, 0) is 929 Å². The second-order valence-corrected chi connectivity index (χ2v) is 197. The zero-order valence-corrected chi connectivity index (χ0v) is 150. The van der Waals surface area contributed by atoms with Crippen molar-refractivity contribution in [2.75, 3.05) is 0 Å². The molecule has 5 nitrogen and oxygen atoms in total. The maximum absolute atomic E-state index is 6.26. The predicted octanol–water partition coefficient (Wildman–Crippen LogP) is 7.23. The fourth-order valence-electron chi connectivity index (χ4n) is 6.47. The van der Waals surface area contributed by atoms with Gasteiger partial charge >= 0.3 is 7.12 Å². The van der Waals surface area contributed by atoms with Crippen LogP contribution < -0.4 is 5.46 Å². The number of hydrogen-bond donors (Lipinski definition) is 0. The van der Waals surface area contributed by atoms with E-state index in [-0.39, 0.29) is 0 Å². The number of rotatable bonds is 4. The van der Waals surface area contributed by atoms with Gasteiger partial charge in [-0.3, -0.25) is 0 Å². The summed E-state index contributed by atoms with van der Waals surface area (Å²) < 4.78 is 12.5. The normalized spacial score (nSPS) is 10.2. The van der Waals surface area contributed by atoms with Crippen LogP contribution in [0.1, 0.15) is 27.7 Å². The Hall–Kier alpha value is 18.3. The van der Waals surface area contributed by atoms with Gasteiger partial charge in [-0.05, 0) is 60.8 Å². The molecule has 0 aliphatic carbocycles. The zero-order valence-electron chi connectivity index (χ0n) is 65.7. The minimum atomic E-state index is -0.424. The van der Waals surface area contributed by atoms with E-state index in [4.69, 9.17) is 46.6 Å². The van der Waals surface area contributed by atoms with Gasteiger partial charge in [-0.25, -0.2) is 15.0 Å². The third-order valence-corrected chi connectivity index (χ3v) is 233. The number of hydrogen-bond acceptors (Lipinski definition) is 7. The van der Waals surface area contributed by atoms with Crippen molar-refractivity contribution in [3.05, 3.63) is 109 Å². The van der Waals surface area contributed by atoms with E-state index in [1.807, 2.05) is 827 Å². The van der Waals surface area contributed by atoms with E-state index >= 15 is 0 Å². The van der Waals surface area contributed by atoms with Crippen LogP contribution in [0, 0.1) is 0 Å². The van der Waals surface area contributed by atoms with Gasteiger partial charge in [-0.15, -0.1) is 0 Å². The van der Waals surface area contributed by atoms with E-state index < -0.39 is 18.3 Å². The number of fused-ring (bicyclic) bond motifs is 3. The first-order valence-corrected chi connectivity index (χ1v) is 167. The van der Waals surface area contributed by atoms with Crippen LogP contribution in [0.4, 0.5) is 0 Å². The molecule has 5 aromatic carbocycles. The molecule has 144 heavy (non-hydrogen) atoms. The van der Waals surface area contributed by atoms with Gasteiger partial charge in [0, 0.05) is 936 Å². The van der Waals surface area contributed by atoms with Crippen molar-refractivity contribution in [3.8, 4) is 34.2 Å². The average Bonchev–Trinajstić information content (AvgIpc) is 0.985. The van der Waals surface area contributed by atoms with Crippen molar-refractivity contribution in [2.45, 2.75) is 38.9 Å². The van der Waals surface area contributed by atoms with Crippen LogP contribution in [0.15, 0.2) is 109 Å². The fraction of sp³-hybridized carbons (Fsp3) is 0.171. The molecule has 2 heterocycles. The third kappa shape index (κ3) is 86.1. The first-order chi connectivity index (χ1) is 71.2. The highest BCUT2D eigenvalue weighted by atomic mass is 33.6. The van der Waals surface area contributed by atoms with Gasteiger partial charge in [0.15, 0.2) is 17.5 Å². The van der Waals surface area contributed by atoms with E-state index in [0.29, 0.717) is 17.5 Å².